The van der Waals surface area contributed by atoms with Gasteiger partial charge in [0.05, 0.1) is 6.07 Å². The van der Waals surface area contributed by atoms with E-state index in [9.17, 15) is 5.26 Å². The second-order valence-corrected chi connectivity index (χ2v) is 5.69. The zero-order valence-electron chi connectivity index (χ0n) is 10.2. The summed E-state index contributed by atoms with van der Waals surface area (Å²) in [6.07, 6.45) is 2.02. The van der Waals surface area contributed by atoms with Crippen LogP contribution in [-0.2, 0) is 0 Å². The van der Waals surface area contributed by atoms with E-state index >= 15 is 0 Å². The van der Waals surface area contributed by atoms with Crippen LogP contribution >= 0.6 is 11.6 Å². The van der Waals surface area contributed by atoms with E-state index in [0.29, 0.717) is 5.92 Å². The number of fused-ring (bicyclic) bond motifs is 2. The average Bonchev–Trinajstić information content (AvgIpc) is 2.81. The number of hydrogen-bond donors (Lipinski definition) is 1. The first-order valence-electron chi connectivity index (χ1n) is 6.39. The van der Waals surface area contributed by atoms with Crippen LogP contribution in [0.5, 0.6) is 0 Å². The molecule has 0 radical (unpaired) electrons. The highest BCUT2D eigenvalue weighted by Crippen LogP contribution is 2.37. The number of nitriles is 1. The number of nitrogens with zero attached hydrogens (tertiary/aromatic N) is 2. The molecule has 1 aromatic carbocycles. The molecular formula is C14H16ClN3. The number of anilines is 1. The van der Waals surface area contributed by atoms with Gasteiger partial charge in [-0.15, -0.1) is 0 Å². The molecule has 4 heteroatoms. The Morgan fingerprint density at radius 2 is 2.11 bits per heavy atom. The van der Waals surface area contributed by atoms with Crippen LogP contribution in [0.25, 0.3) is 0 Å². The lowest BCUT2D eigenvalue weighted by molar-refractivity contribution is 0.221. The van der Waals surface area contributed by atoms with Crippen molar-refractivity contribution in [3.05, 3.63) is 29.3 Å². The average molecular weight is 262 g/mol. The molecule has 18 heavy (non-hydrogen) atoms. The molecule has 0 aromatic heterocycles. The molecule has 3 atom stereocenters. The highest BCUT2D eigenvalue weighted by Gasteiger charge is 2.46. The minimum atomic E-state index is -0.402. The molecule has 3 nitrogen and oxygen atoms in total. The number of benzene rings is 1. The van der Waals surface area contributed by atoms with E-state index in [2.05, 4.69) is 16.3 Å². The van der Waals surface area contributed by atoms with Crippen molar-refractivity contribution in [1.29, 1.82) is 5.26 Å². The Hall–Kier alpha value is -1.24. The maximum atomic E-state index is 9.62. The molecule has 2 aliphatic heterocycles. The molecule has 2 saturated heterocycles. The van der Waals surface area contributed by atoms with Gasteiger partial charge in [-0.2, -0.15) is 5.26 Å². The van der Waals surface area contributed by atoms with Gasteiger partial charge in [0.25, 0.3) is 0 Å². The third-order valence-electron chi connectivity index (χ3n) is 4.20. The van der Waals surface area contributed by atoms with Crippen LogP contribution in [0.1, 0.15) is 12.8 Å². The summed E-state index contributed by atoms with van der Waals surface area (Å²) in [5.74, 6) is 0.437. The monoisotopic (exact) mass is 261 g/mol. The Kier molecular flexibility index (Phi) is 2.93. The van der Waals surface area contributed by atoms with Crippen LogP contribution in [0.3, 0.4) is 0 Å². The number of rotatable bonds is 2. The molecule has 2 aliphatic rings. The van der Waals surface area contributed by atoms with Crippen molar-refractivity contribution in [2.24, 2.45) is 5.92 Å². The fraction of sp³-hybridized carbons (Fsp3) is 0.500. The molecule has 1 N–H and O–H groups in total. The lowest BCUT2D eigenvalue weighted by Crippen LogP contribution is -2.50. The second kappa shape index (κ2) is 4.46. The summed E-state index contributed by atoms with van der Waals surface area (Å²) < 4.78 is 0. The van der Waals surface area contributed by atoms with Crippen LogP contribution in [0.2, 0.25) is 5.02 Å². The molecule has 3 unspecified atom stereocenters. The van der Waals surface area contributed by atoms with Crippen LogP contribution < -0.4 is 5.32 Å². The fourth-order valence-electron chi connectivity index (χ4n) is 3.11. The van der Waals surface area contributed by atoms with Gasteiger partial charge in [-0.1, -0.05) is 11.6 Å². The van der Waals surface area contributed by atoms with E-state index in [0.717, 1.165) is 43.2 Å². The minimum absolute atomic E-state index is 0.402. The van der Waals surface area contributed by atoms with E-state index in [-0.39, 0.29) is 0 Å². The van der Waals surface area contributed by atoms with Crippen molar-refractivity contribution in [1.82, 2.24) is 4.90 Å². The highest BCUT2D eigenvalue weighted by atomic mass is 35.5. The molecule has 94 valence electrons. The zero-order chi connectivity index (χ0) is 12.6. The second-order valence-electron chi connectivity index (χ2n) is 5.25. The van der Waals surface area contributed by atoms with Crippen molar-refractivity contribution >= 4 is 17.3 Å². The smallest absolute Gasteiger partial charge is 0.130 e. The number of piperidine rings is 1. The first kappa shape index (κ1) is 11.8. The molecule has 0 saturated carbocycles. The molecule has 2 bridgehead atoms. The first-order valence-corrected chi connectivity index (χ1v) is 6.77. The van der Waals surface area contributed by atoms with Crippen molar-refractivity contribution < 1.29 is 0 Å². The van der Waals surface area contributed by atoms with Gasteiger partial charge in [0, 0.05) is 29.7 Å². The van der Waals surface area contributed by atoms with Gasteiger partial charge >= 0.3 is 0 Å². The number of hydrogen-bond acceptors (Lipinski definition) is 3. The molecule has 0 amide bonds. The summed E-state index contributed by atoms with van der Waals surface area (Å²) in [5.41, 5.74) is 0.585. The molecule has 1 aromatic rings. The highest BCUT2D eigenvalue weighted by molar-refractivity contribution is 6.30. The summed E-state index contributed by atoms with van der Waals surface area (Å²) in [7, 11) is 0. The number of halogens is 1. The summed E-state index contributed by atoms with van der Waals surface area (Å²) in [6.45, 7) is 3.20. The molecule has 0 aliphatic carbocycles. The van der Waals surface area contributed by atoms with Gasteiger partial charge in [0.2, 0.25) is 0 Å². The minimum Gasteiger partial charge on any atom is -0.367 e. The van der Waals surface area contributed by atoms with E-state index in [1.165, 1.54) is 0 Å². The van der Waals surface area contributed by atoms with Crippen LogP contribution in [0.4, 0.5) is 5.69 Å². The van der Waals surface area contributed by atoms with Gasteiger partial charge in [0.1, 0.15) is 5.54 Å². The lowest BCUT2D eigenvalue weighted by Gasteiger charge is -2.38. The topological polar surface area (TPSA) is 39.1 Å². The first-order chi connectivity index (χ1) is 8.72. The van der Waals surface area contributed by atoms with Gasteiger partial charge in [0.15, 0.2) is 0 Å². The predicted octanol–water partition coefficient (Wildman–Crippen LogP) is 2.74. The molecule has 0 spiro atoms. The number of nitrogens with one attached hydrogen (secondary N) is 1. The van der Waals surface area contributed by atoms with E-state index < -0.39 is 5.54 Å². The van der Waals surface area contributed by atoms with Gasteiger partial charge in [-0.05, 0) is 43.7 Å². The van der Waals surface area contributed by atoms with Crippen molar-refractivity contribution in [2.45, 2.75) is 18.4 Å². The maximum Gasteiger partial charge on any atom is 0.130 e. The SMILES string of the molecule is N#CC1(Nc2ccc(Cl)cc2)CCN2CCC1C2. The Morgan fingerprint density at radius 1 is 1.33 bits per heavy atom. The van der Waals surface area contributed by atoms with E-state index in [1.54, 1.807) is 0 Å². The Balaban J connectivity index is 1.84. The fourth-order valence-corrected chi connectivity index (χ4v) is 3.23. The molecule has 2 heterocycles. The molecule has 2 fully saturated rings. The van der Waals surface area contributed by atoms with Crippen LogP contribution in [-0.4, -0.2) is 30.1 Å². The molecular weight excluding hydrogens is 246 g/mol. The van der Waals surface area contributed by atoms with E-state index in [1.807, 2.05) is 24.3 Å². The zero-order valence-corrected chi connectivity index (χ0v) is 11.0. The standard InChI is InChI=1S/C14H16ClN3/c15-12-1-3-13(4-2-12)17-14(10-16)6-8-18-7-5-11(14)9-18/h1-4,11,17H,5-9H2. The van der Waals surface area contributed by atoms with Crippen molar-refractivity contribution in [2.75, 3.05) is 25.0 Å². The van der Waals surface area contributed by atoms with Crippen LogP contribution in [0.15, 0.2) is 24.3 Å². The maximum absolute atomic E-state index is 9.62. The summed E-state index contributed by atoms with van der Waals surface area (Å²) in [6, 6.07) is 10.2. The van der Waals surface area contributed by atoms with Crippen molar-refractivity contribution in [3.63, 3.8) is 0 Å². The van der Waals surface area contributed by atoms with Gasteiger partial charge in [-0.3, -0.25) is 0 Å². The lowest BCUT2D eigenvalue weighted by atomic mass is 9.80. The predicted molar refractivity (Wildman–Crippen MR) is 72.6 cm³/mol. The summed E-state index contributed by atoms with van der Waals surface area (Å²) in [4.78, 5) is 2.45. The summed E-state index contributed by atoms with van der Waals surface area (Å²) in [5, 5.41) is 13.8. The normalized spacial score (nSPS) is 34.0. The van der Waals surface area contributed by atoms with Crippen molar-refractivity contribution in [3.8, 4) is 6.07 Å². The third kappa shape index (κ3) is 1.96. The van der Waals surface area contributed by atoms with Gasteiger partial charge < -0.3 is 10.2 Å². The van der Waals surface area contributed by atoms with Crippen LogP contribution in [0, 0.1) is 17.2 Å². The molecule has 3 rings (SSSR count). The largest absolute Gasteiger partial charge is 0.367 e. The summed E-state index contributed by atoms with van der Waals surface area (Å²) >= 11 is 5.89. The van der Waals surface area contributed by atoms with E-state index in [4.69, 9.17) is 11.6 Å². The quantitative estimate of drug-likeness (QED) is 0.890. The Bertz CT molecular complexity index is 479. The van der Waals surface area contributed by atoms with Gasteiger partial charge in [-0.25, -0.2) is 0 Å². The third-order valence-corrected chi connectivity index (χ3v) is 4.45. The Labute approximate surface area is 112 Å². The Morgan fingerprint density at radius 3 is 2.83 bits per heavy atom.